The number of nitrogens with zero attached hydrogens (tertiary/aromatic N) is 4. The van der Waals surface area contributed by atoms with Gasteiger partial charge in [0.2, 0.25) is 5.28 Å². The summed E-state index contributed by atoms with van der Waals surface area (Å²) in [5, 5.41) is 35.6. The van der Waals surface area contributed by atoms with Crippen LogP contribution in [-0.2, 0) is 0 Å². The Hall–Kier alpha value is -3.73. The van der Waals surface area contributed by atoms with Gasteiger partial charge in [-0.3, -0.25) is 0 Å². The monoisotopic (exact) mass is 508 g/mol. The molecule has 10 nitrogen and oxygen atoms in total. The van der Waals surface area contributed by atoms with Crippen LogP contribution in [0.3, 0.4) is 0 Å². The molecule has 11 heteroatoms. The van der Waals surface area contributed by atoms with Crippen LogP contribution in [0.15, 0.2) is 67.0 Å². The van der Waals surface area contributed by atoms with E-state index in [2.05, 4.69) is 49.9 Å². The summed E-state index contributed by atoms with van der Waals surface area (Å²) in [5.41, 5.74) is 3.10. The fourth-order valence-corrected chi connectivity index (χ4v) is 5.00. The Balaban J connectivity index is 1.45. The lowest BCUT2D eigenvalue weighted by Gasteiger charge is -2.20. The van der Waals surface area contributed by atoms with Crippen molar-refractivity contribution >= 4 is 34.7 Å². The van der Waals surface area contributed by atoms with Crippen molar-refractivity contribution in [2.75, 3.05) is 11.9 Å². The zero-order valence-electron chi connectivity index (χ0n) is 19.1. The molecule has 0 spiro atoms. The zero-order valence-corrected chi connectivity index (χ0v) is 19.8. The number of benzene rings is 2. The third-order valence-electron chi connectivity index (χ3n) is 6.59. The number of halogens is 1. The standard InChI is InChI=1S/C25H25ClN6O4/c26-24-30-22(27-12-16(14-7-3-1-4-8-14)15-9-5-2-6-10-15)19-23(31-24)32(13-28-19)18-11-17(29-25(35)36)20(33)21(18)34/h1-10,13,16-18,20-21,29,33-34H,11-12H2,(H,35,36)(H,27,30,31)/t17-,18+,20+,21-/m0/s1. The Kier molecular flexibility index (Phi) is 6.73. The molecule has 0 bridgehead atoms. The maximum atomic E-state index is 11.1. The molecule has 0 aliphatic heterocycles. The summed E-state index contributed by atoms with van der Waals surface area (Å²) in [5.74, 6) is 0.474. The number of aliphatic hydroxyl groups is 2. The van der Waals surface area contributed by atoms with E-state index in [0.29, 0.717) is 23.5 Å². The van der Waals surface area contributed by atoms with Crippen molar-refractivity contribution in [2.24, 2.45) is 0 Å². The number of carboxylic acid groups (broad SMARTS) is 1. The number of amides is 1. The van der Waals surface area contributed by atoms with Gasteiger partial charge in [-0.2, -0.15) is 9.97 Å². The highest BCUT2D eigenvalue weighted by Gasteiger charge is 2.44. The van der Waals surface area contributed by atoms with Gasteiger partial charge >= 0.3 is 6.09 Å². The van der Waals surface area contributed by atoms with Crippen molar-refractivity contribution < 1.29 is 20.1 Å². The molecular formula is C25H25ClN6O4. The van der Waals surface area contributed by atoms with Crippen molar-refractivity contribution in [1.82, 2.24) is 24.8 Å². The van der Waals surface area contributed by atoms with E-state index in [1.807, 2.05) is 36.4 Å². The number of anilines is 1. The first-order valence-electron chi connectivity index (χ1n) is 11.5. The first-order valence-corrected chi connectivity index (χ1v) is 11.9. The Labute approximate surface area is 211 Å². The van der Waals surface area contributed by atoms with Crippen LogP contribution in [0.2, 0.25) is 5.28 Å². The molecule has 36 heavy (non-hydrogen) atoms. The topological polar surface area (TPSA) is 145 Å². The second-order valence-electron chi connectivity index (χ2n) is 8.76. The molecule has 5 rings (SSSR count). The van der Waals surface area contributed by atoms with E-state index >= 15 is 0 Å². The summed E-state index contributed by atoms with van der Waals surface area (Å²) in [6, 6.07) is 18.8. The highest BCUT2D eigenvalue weighted by Crippen LogP contribution is 2.34. The van der Waals surface area contributed by atoms with Crippen LogP contribution >= 0.6 is 11.6 Å². The molecule has 1 fully saturated rings. The van der Waals surface area contributed by atoms with Crippen LogP contribution < -0.4 is 10.6 Å². The van der Waals surface area contributed by atoms with Crippen molar-refractivity contribution in [3.63, 3.8) is 0 Å². The van der Waals surface area contributed by atoms with Crippen LogP contribution in [0, 0.1) is 0 Å². The predicted octanol–water partition coefficient (Wildman–Crippen LogP) is 3.03. The van der Waals surface area contributed by atoms with Gasteiger partial charge in [0.05, 0.1) is 18.4 Å². The Morgan fingerprint density at radius 1 is 1.03 bits per heavy atom. The lowest BCUT2D eigenvalue weighted by atomic mass is 9.91. The average molecular weight is 509 g/mol. The fourth-order valence-electron chi connectivity index (χ4n) is 4.84. The molecule has 5 N–H and O–H groups in total. The van der Waals surface area contributed by atoms with Gasteiger partial charge in [-0.05, 0) is 29.1 Å². The molecule has 186 valence electrons. The highest BCUT2D eigenvalue weighted by molar-refractivity contribution is 6.28. The van der Waals surface area contributed by atoms with Gasteiger partial charge in [0.1, 0.15) is 12.2 Å². The van der Waals surface area contributed by atoms with E-state index in [1.165, 1.54) is 6.33 Å². The lowest BCUT2D eigenvalue weighted by molar-refractivity contribution is 0.0146. The SMILES string of the molecule is O=C(O)N[C@H]1C[C@@H](n2cnc3c(NCC(c4ccccc4)c4ccccc4)nc(Cl)nc32)[C@H](O)[C@@H]1O. The average Bonchev–Trinajstić information content (AvgIpc) is 3.41. The van der Waals surface area contributed by atoms with Gasteiger partial charge < -0.3 is 30.5 Å². The first-order chi connectivity index (χ1) is 17.4. The van der Waals surface area contributed by atoms with Crippen molar-refractivity contribution in [3.8, 4) is 0 Å². The third-order valence-corrected chi connectivity index (χ3v) is 6.76. The molecule has 1 saturated carbocycles. The molecule has 1 amide bonds. The molecule has 2 aromatic carbocycles. The third kappa shape index (κ3) is 4.70. The zero-order chi connectivity index (χ0) is 25.2. The van der Waals surface area contributed by atoms with Gasteiger partial charge in [0.15, 0.2) is 17.0 Å². The van der Waals surface area contributed by atoms with E-state index in [0.717, 1.165) is 11.1 Å². The fraction of sp³-hybridized carbons (Fsp3) is 0.280. The molecule has 4 atom stereocenters. The number of aliphatic hydroxyl groups excluding tert-OH is 2. The molecule has 1 aliphatic carbocycles. The van der Waals surface area contributed by atoms with Gasteiger partial charge in [0.25, 0.3) is 0 Å². The molecule has 2 aromatic heterocycles. The maximum absolute atomic E-state index is 11.1. The van der Waals surface area contributed by atoms with E-state index in [4.69, 9.17) is 16.7 Å². The van der Waals surface area contributed by atoms with Gasteiger partial charge in [0, 0.05) is 12.5 Å². The molecule has 4 aromatic rings. The van der Waals surface area contributed by atoms with Crippen molar-refractivity contribution in [3.05, 3.63) is 83.4 Å². The van der Waals surface area contributed by atoms with Crippen LogP contribution in [0.4, 0.5) is 10.6 Å². The Bertz CT molecular complexity index is 1310. The number of nitrogens with one attached hydrogen (secondary N) is 2. The summed E-state index contributed by atoms with van der Waals surface area (Å²) in [6.07, 6.45) is -2.10. The van der Waals surface area contributed by atoms with Crippen LogP contribution in [-0.4, -0.2) is 65.7 Å². The number of fused-ring (bicyclic) bond motifs is 1. The molecule has 0 radical (unpaired) electrons. The van der Waals surface area contributed by atoms with Crippen LogP contribution in [0.25, 0.3) is 11.2 Å². The number of aromatic nitrogens is 4. The van der Waals surface area contributed by atoms with E-state index in [-0.39, 0.29) is 17.6 Å². The van der Waals surface area contributed by atoms with E-state index in [9.17, 15) is 15.0 Å². The summed E-state index contributed by atoms with van der Waals surface area (Å²) in [7, 11) is 0. The second-order valence-corrected chi connectivity index (χ2v) is 9.10. The summed E-state index contributed by atoms with van der Waals surface area (Å²) >= 11 is 6.27. The van der Waals surface area contributed by atoms with Crippen molar-refractivity contribution in [1.29, 1.82) is 0 Å². The van der Waals surface area contributed by atoms with Gasteiger partial charge in [-0.1, -0.05) is 60.7 Å². The quantitative estimate of drug-likeness (QED) is 0.239. The number of hydrogen-bond acceptors (Lipinski definition) is 7. The minimum atomic E-state index is -1.27. The summed E-state index contributed by atoms with van der Waals surface area (Å²) in [4.78, 5) is 24.2. The molecule has 2 heterocycles. The Morgan fingerprint density at radius 2 is 1.67 bits per heavy atom. The predicted molar refractivity (Wildman–Crippen MR) is 134 cm³/mol. The van der Waals surface area contributed by atoms with Crippen LogP contribution in [0.5, 0.6) is 0 Å². The van der Waals surface area contributed by atoms with E-state index in [1.54, 1.807) is 4.57 Å². The number of rotatable bonds is 7. The Morgan fingerprint density at radius 3 is 2.28 bits per heavy atom. The smallest absolute Gasteiger partial charge is 0.404 e. The normalized spacial score (nSPS) is 21.7. The molecule has 1 aliphatic rings. The maximum Gasteiger partial charge on any atom is 0.404 e. The summed E-state index contributed by atoms with van der Waals surface area (Å²) < 4.78 is 1.61. The van der Waals surface area contributed by atoms with Gasteiger partial charge in [-0.15, -0.1) is 0 Å². The largest absolute Gasteiger partial charge is 0.465 e. The second kappa shape index (κ2) is 10.1. The van der Waals surface area contributed by atoms with Crippen molar-refractivity contribution in [2.45, 2.75) is 36.6 Å². The number of carbonyl (C=O) groups is 1. The van der Waals surface area contributed by atoms with Crippen LogP contribution in [0.1, 0.15) is 29.5 Å². The number of imidazole rings is 1. The molecular weight excluding hydrogens is 484 g/mol. The minimum Gasteiger partial charge on any atom is -0.465 e. The first kappa shape index (κ1) is 24.0. The van der Waals surface area contributed by atoms with E-state index < -0.39 is 30.4 Å². The lowest BCUT2D eigenvalue weighted by Crippen LogP contribution is -2.42. The highest BCUT2D eigenvalue weighted by atomic mass is 35.5. The minimum absolute atomic E-state index is 0.00373. The van der Waals surface area contributed by atoms with Gasteiger partial charge in [-0.25, -0.2) is 9.78 Å². The molecule has 0 unspecified atom stereocenters. The molecule has 0 saturated heterocycles. The summed E-state index contributed by atoms with van der Waals surface area (Å²) in [6.45, 7) is 0.513. The number of hydrogen-bond donors (Lipinski definition) is 5.